The number of phenols is 1. The first-order valence-electron chi connectivity index (χ1n) is 6.69. The van der Waals surface area contributed by atoms with Gasteiger partial charge in [-0.1, -0.05) is 32.4 Å². The van der Waals surface area contributed by atoms with Gasteiger partial charge in [-0.3, -0.25) is 9.59 Å². The summed E-state index contributed by atoms with van der Waals surface area (Å²) in [5.74, 6) is -0.178. The Labute approximate surface area is 119 Å². The third-order valence-electron chi connectivity index (χ3n) is 3.37. The van der Waals surface area contributed by atoms with Gasteiger partial charge in [0.05, 0.1) is 12.1 Å². The molecular formula is C15H21N2O3. The van der Waals surface area contributed by atoms with Gasteiger partial charge in [0.25, 0.3) is 0 Å². The Morgan fingerprint density at radius 3 is 2.50 bits per heavy atom. The van der Waals surface area contributed by atoms with Crippen molar-refractivity contribution in [3.8, 4) is 5.75 Å². The third kappa shape index (κ3) is 4.66. The van der Waals surface area contributed by atoms with Gasteiger partial charge in [0.1, 0.15) is 5.75 Å². The fourth-order valence-electron chi connectivity index (χ4n) is 1.76. The van der Waals surface area contributed by atoms with E-state index >= 15 is 0 Å². The van der Waals surface area contributed by atoms with Crippen LogP contribution in [0.1, 0.15) is 25.8 Å². The number of nitrogens with two attached hydrogens (primary N) is 1. The van der Waals surface area contributed by atoms with Gasteiger partial charge in [-0.2, -0.15) is 0 Å². The lowest BCUT2D eigenvalue weighted by Crippen LogP contribution is -2.49. The average Bonchev–Trinajstić information content (AvgIpc) is 2.45. The number of amides is 1. The number of carbonyl (C=O) groups excluding carboxylic acids is 2. The predicted octanol–water partition coefficient (Wildman–Crippen LogP) is 0.903. The minimum atomic E-state index is -0.737. The minimum absolute atomic E-state index is 0.0253. The monoisotopic (exact) mass is 277 g/mol. The van der Waals surface area contributed by atoms with Crippen LogP contribution in [0.15, 0.2) is 24.3 Å². The van der Waals surface area contributed by atoms with Crippen LogP contribution < -0.4 is 11.1 Å². The van der Waals surface area contributed by atoms with Crippen molar-refractivity contribution in [3.63, 3.8) is 0 Å². The van der Waals surface area contributed by atoms with E-state index in [9.17, 15) is 14.7 Å². The molecule has 3 atom stereocenters. The zero-order valence-electron chi connectivity index (χ0n) is 11.8. The van der Waals surface area contributed by atoms with Gasteiger partial charge in [0, 0.05) is 0 Å². The highest BCUT2D eigenvalue weighted by atomic mass is 16.3. The summed E-state index contributed by atoms with van der Waals surface area (Å²) < 4.78 is 0. The van der Waals surface area contributed by atoms with Crippen molar-refractivity contribution in [3.05, 3.63) is 29.8 Å². The van der Waals surface area contributed by atoms with Crippen LogP contribution >= 0.6 is 0 Å². The standard InChI is InChI=1S/C15H21N2O3/c1-3-10(2)14(9-18)17-15(20)13(16)8-11-4-6-12(19)7-5-11/h4-7,10,13-14,19H,3,8,16H2,1-2H3,(H,17,20). The molecule has 0 bridgehead atoms. The lowest BCUT2D eigenvalue weighted by atomic mass is 9.99. The molecular weight excluding hydrogens is 256 g/mol. The Morgan fingerprint density at radius 2 is 2.00 bits per heavy atom. The Morgan fingerprint density at radius 1 is 1.40 bits per heavy atom. The van der Waals surface area contributed by atoms with E-state index in [-0.39, 0.29) is 17.6 Å². The van der Waals surface area contributed by atoms with Crippen molar-refractivity contribution in [2.45, 2.75) is 38.8 Å². The smallest absolute Gasteiger partial charge is 0.237 e. The summed E-state index contributed by atoms with van der Waals surface area (Å²) in [5, 5.41) is 11.8. The summed E-state index contributed by atoms with van der Waals surface area (Å²) in [6.07, 6.45) is 2.96. The van der Waals surface area contributed by atoms with Crippen molar-refractivity contribution in [2.24, 2.45) is 11.7 Å². The van der Waals surface area contributed by atoms with E-state index in [0.29, 0.717) is 6.42 Å². The van der Waals surface area contributed by atoms with Crippen molar-refractivity contribution in [1.82, 2.24) is 5.32 Å². The molecule has 0 saturated carbocycles. The van der Waals surface area contributed by atoms with E-state index in [1.807, 2.05) is 20.1 Å². The summed E-state index contributed by atoms with van der Waals surface area (Å²) in [6, 6.07) is 5.14. The summed E-state index contributed by atoms with van der Waals surface area (Å²) in [5.41, 5.74) is 6.68. The van der Waals surface area contributed by atoms with E-state index in [2.05, 4.69) is 5.32 Å². The molecule has 0 aromatic heterocycles. The van der Waals surface area contributed by atoms with Crippen molar-refractivity contribution in [2.75, 3.05) is 0 Å². The van der Waals surface area contributed by atoms with Crippen LogP contribution in [0, 0.1) is 5.92 Å². The maximum absolute atomic E-state index is 11.9. The van der Waals surface area contributed by atoms with E-state index in [1.165, 1.54) is 0 Å². The molecule has 0 aliphatic rings. The van der Waals surface area contributed by atoms with Gasteiger partial charge in [-0.25, -0.2) is 0 Å². The first kappa shape index (κ1) is 16.2. The van der Waals surface area contributed by atoms with Crippen molar-refractivity contribution >= 4 is 12.2 Å². The van der Waals surface area contributed by atoms with E-state index in [0.717, 1.165) is 12.0 Å². The highest BCUT2D eigenvalue weighted by Crippen LogP contribution is 2.11. The van der Waals surface area contributed by atoms with Crippen molar-refractivity contribution < 1.29 is 14.7 Å². The molecule has 3 unspecified atom stereocenters. The van der Waals surface area contributed by atoms with Gasteiger partial charge >= 0.3 is 0 Å². The maximum atomic E-state index is 11.9. The fourth-order valence-corrected chi connectivity index (χ4v) is 1.76. The number of nitrogens with one attached hydrogen (secondary N) is 1. The molecule has 5 nitrogen and oxygen atoms in total. The summed E-state index contributed by atoms with van der Waals surface area (Å²) >= 11 is 0. The molecule has 5 heteroatoms. The molecule has 1 rings (SSSR count). The van der Waals surface area contributed by atoms with Crippen LogP contribution in [0.3, 0.4) is 0 Å². The second-order valence-corrected chi connectivity index (χ2v) is 4.97. The van der Waals surface area contributed by atoms with E-state index in [1.54, 1.807) is 24.3 Å². The second kappa shape index (κ2) is 7.65. The largest absolute Gasteiger partial charge is 0.508 e. The molecule has 0 saturated heterocycles. The summed E-state index contributed by atoms with van der Waals surface area (Å²) in [4.78, 5) is 22.8. The number of hydrogen-bond acceptors (Lipinski definition) is 4. The predicted molar refractivity (Wildman–Crippen MR) is 76.9 cm³/mol. The number of benzene rings is 1. The maximum Gasteiger partial charge on any atom is 0.237 e. The highest BCUT2D eigenvalue weighted by molar-refractivity contribution is 5.84. The van der Waals surface area contributed by atoms with Gasteiger partial charge < -0.3 is 16.2 Å². The van der Waals surface area contributed by atoms with E-state index in [4.69, 9.17) is 5.73 Å². The lowest BCUT2D eigenvalue weighted by molar-refractivity contribution is -0.122. The highest BCUT2D eigenvalue weighted by Gasteiger charge is 2.22. The van der Waals surface area contributed by atoms with Crippen LogP contribution in [0.25, 0.3) is 0 Å². The molecule has 20 heavy (non-hydrogen) atoms. The first-order chi connectivity index (χ1) is 9.47. The Balaban J connectivity index is 2.58. The van der Waals surface area contributed by atoms with Crippen LogP contribution in [-0.2, 0) is 16.0 Å². The van der Waals surface area contributed by atoms with E-state index < -0.39 is 12.1 Å². The number of carbonyl (C=O) groups is 1. The SMILES string of the molecule is CCC(C)C([C]=O)NC(=O)C(N)Cc1ccc(O)cc1. The van der Waals surface area contributed by atoms with Crippen molar-refractivity contribution in [1.29, 1.82) is 0 Å². The topological polar surface area (TPSA) is 92.4 Å². The zero-order chi connectivity index (χ0) is 15.1. The minimum Gasteiger partial charge on any atom is -0.508 e. The summed E-state index contributed by atoms with van der Waals surface area (Å²) in [7, 11) is 0. The Hall–Kier alpha value is -1.88. The second-order valence-electron chi connectivity index (χ2n) is 4.97. The number of aromatic hydroxyl groups is 1. The normalized spacial score (nSPS) is 15.2. The molecule has 109 valence electrons. The number of rotatable bonds is 7. The van der Waals surface area contributed by atoms with Crippen LogP contribution in [0.4, 0.5) is 0 Å². The summed E-state index contributed by atoms with van der Waals surface area (Å²) in [6.45, 7) is 3.82. The molecule has 0 heterocycles. The third-order valence-corrected chi connectivity index (χ3v) is 3.37. The quantitative estimate of drug-likeness (QED) is 0.690. The molecule has 4 N–H and O–H groups in total. The molecule has 1 radical (unpaired) electrons. The number of phenolic OH excluding ortho intramolecular Hbond substituents is 1. The molecule has 0 fully saturated rings. The fraction of sp³-hybridized carbons (Fsp3) is 0.467. The molecule has 0 aliphatic carbocycles. The van der Waals surface area contributed by atoms with Crippen LogP contribution in [0.2, 0.25) is 0 Å². The van der Waals surface area contributed by atoms with Crippen LogP contribution in [0.5, 0.6) is 5.75 Å². The Kier molecular flexibility index (Phi) is 6.18. The molecule has 1 amide bonds. The van der Waals surface area contributed by atoms with Gasteiger partial charge in [-0.15, -0.1) is 0 Å². The average molecular weight is 277 g/mol. The lowest BCUT2D eigenvalue weighted by Gasteiger charge is -2.20. The number of hydrogen-bond donors (Lipinski definition) is 3. The van der Waals surface area contributed by atoms with Gasteiger partial charge in [0.15, 0.2) is 0 Å². The zero-order valence-corrected chi connectivity index (χ0v) is 11.8. The van der Waals surface area contributed by atoms with Gasteiger partial charge in [0.2, 0.25) is 12.2 Å². The van der Waals surface area contributed by atoms with Gasteiger partial charge in [-0.05, 0) is 30.0 Å². The molecule has 1 aromatic carbocycles. The molecule has 0 spiro atoms. The van der Waals surface area contributed by atoms with Crippen LogP contribution in [-0.4, -0.2) is 29.4 Å². The molecule has 1 aromatic rings. The first-order valence-corrected chi connectivity index (χ1v) is 6.69. The molecule has 0 aliphatic heterocycles. The Bertz CT molecular complexity index is 445.